The highest BCUT2D eigenvalue weighted by Crippen LogP contribution is 2.43. The summed E-state index contributed by atoms with van der Waals surface area (Å²) in [6, 6.07) is 29.7. The molecule has 6 aromatic rings. The molecule has 0 N–H and O–H groups in total. The van der Waals surface area contributed by atoms with Gasteiger partial charge in [-0.15, -0.1) is 0 Å². The molecule has 2 heterocycles. The number of benzene rings is 4. The molecule has 0 saturated carbocycles. The third-order valence-electron chi connectivity index (χ3n) is 15.2. The summed E-state index contributed by atoms with van der Waals surface area (Å²) in [6.07, 6.45) is 5.15. The fraction of sp³-hybridized carbons (Fsp3) is 0.467. The van der Waals surface area contributed by atoms with Gasteiger partial charge in [0, 0.05) is 51.0 Å². The molecule has 2 aromatic heterocycles. The highest BCUT2D eigenvalue weighted by molar-refractivity contribution is 7.90. The number of aromatic nitrogens is 4. The van der Waals surface area contributed by atoms with Crippen LogP contribution in [0.1, 0.15) is 113 Å². The summed E-state index contributed by atoms with van der Waals surface area (Å²) in [5.74, 6) is 3.59. The van der Waals surface area contributed by atoms with Crippen molar-refractivity contribution in [1.82, 2.24) is 28.5 Å². The normalized spacial score (nSPS) is 14.2. The molecule has 4 aromatic carbocycles. The van der Waals surface area contributed by atoms with E-state index in [0.29, 0.717) is 34.6 Å². The number of ether oxygens (including phenoxy) is 4. The van der Waals surface area contributed by atoms with Gasteiger partial charge < -0.3 is 27.8 Å². The Kier molecular flexibility index (Phi) is 22.4. The van der Waals surface area contributed by atoms with Crippen molar-refractivity contribution in [2.45, 2.75) is 154 Å². The molecule has 16 nitrogen and oxygen atoms in total. The van der Waals surface area contributed by atoms with Gasteiger partial charge in [-0.3, -0.25) is 0 Å². The predicted octanol–water partition coefficient (Wildman–Crippen LogP) is 12.6. The molecule has 0 aliphatic heterocycles. The smallest absolute Gasteiger partial charge is 0.220 e. The summed E-state index contributed by atoms with van der Waals surface area (Å²) in [6.45, 7) is 29.2. The van der Waals surface area contributed by atoms with Crippen LogP contribution in [-0.4, -0.2) is 101 Å². The van der Waals surface area contributed by atoms with Crippen LogP contribution in [0.15, 0.2) is 122 Å². The molecule has 0 bridgehead atoms. The summed E-state index contributed by atoms with van der Waals surface area (Å²) >= 11 is 0. The summed E-state index contributed by atoms with van der Waals surface area (Å²) < 4.78 is 95.5. The highest BCUT2D eigenvalue weighted by Gasteiger charge is 2.47. The predicted molar refractivity (Wildman–Crippen MR) is 323 cm³/mol. The van der Waals surface area contributed by atoms with Crippen molar-refractivity contribution in [2.75, 3.05) is 28.4 Å². The van der Waals surface area contributed by atoms with Gasteiger partial charge in [-0.25, -0.2) is 36.8 Å². The summed E-state index contributed by atoms with van der Waals surface area (Å²) in [4.78, 5) is 18.1. The van der Waals surface area contributed by atoms with E-state index in [1.165, 1.54) is 8.61 Å². The molecule has 0 unspecified atom stereocenters. The lowest BCUT2D eigenvalue weighted by atomic mass is 10.2. The maximum absolute atomic E-state index is 14.5. The first-order chi connectivity index (χ1) is 37.3. The number of rotatable bonds is 24. The third-order valence-corrected chi connectivity index (χ3v) is 28.4. The van der Waals surface area contributed by atoms with Crippen molar-refractivity contribution >= 4 is 36.7 Å². The van der Waals surface area contributed by atoms with Gasteiger partial charge in [0.05, 0.1) is 28.4 Å². The summed E-state index contributed by atoms with van der Waals surface area (Å²) in [7, 11) is -6.22. The molecule has 0 aliphatic carbocycles. The second kappa shape index (κ2) is 27.5. The Bertz CT molecular complexity index is 2790. The second-order valence-corrected chi connectivity index (χ2v) is 37.4. The molecule has 0 amide bonds. The zero-order chi connectivity index (χ0) is 59.4. The highest BCUT2D eigenvalue weighted by atomic mass is 32.2. The fourth-order valence-corrected chi connectivity index (χ4v) is 13.8. The summed E-state index contributed by atoms with van der Waals surface area (Å²) in [5.41, 5.74) is 5.17. The minimum Gasteiger partial charge on any atom is -0.497 e. The van der Waals surface area contributed by atoms with Crippen LogP contribution in [0.4, 0.5) is 0 Å². The number of sulfonamides is 2. The molecule has 0 spiro atoms. The van der Waals surface area contributed by atoms with Crippen molar-refractivity contribution in [3.05, 3.63) is 167 Å². The standard InChI is InChI=1S/2C30H43N3O5SSi/c2*1-22-18-31-29(32-19-22)28(38-40(8,9)30(3,4)5)23(2)39(34,35)33(20-24-10-14-26(36-6)15-11-24)21-25-12-16-27(37-7)17-13-25/h2*10-19,23,28H,20-21H2,1-9H3/t2*23-,28+/m10/s1. The minimum absolute atomic E-state index is 0.134. The van der Waals surface area contributed by atoms with Gasteiger partial charge in [0.2, 0.25) is 20.0 Å². The number of aryl methyl sites for hydroxylation is 2. The Morgan fingerprint density at radius 1 is 0.425 bits per heavy atom. The average molecular weight is 1170 g/mol. The van der Waals surface area contributed by atoms with Crippen LogP contribution in [0.5, 0.6) is 23.0 Å². The first-order valence-electron chi connectivity index (χ1n) is 26.8. The Morgan fingerprint density at radius 3 is 0.825 bits per heavy atom. The topological polar surface area (TPSA) is 182 Å². The van der Waals surface area contributed by atoms with Crippen molar-refractivity contribution in [3.63, 3.8) is 0 Å². The zero-order valence-electron chi connectivity index (χ0n) is 50.3. The van der Waals surface area contributed by atoms with Gasteiger partial charge in [-0.2, -0.15) is 8.61 Å². The quantitative estimate of drug-likeness (QED) is 0.0522. The van der Waals surface area contributed by atoms with Gasteiger partial charge in [0.25, 0.3) is 0 Å². The molecule has 0 saturated heterocycles. The van der Waals surface area contributed by atoms with E-state index in [-0.39, 0.29) is 36.3 Å². The maximum Gasteiger partial charge on any atom is 0.220 e. The van der Waals surface area contributed by atoms with Crippen LogP contribution < -0.4 is 18.9 Å². The van der Waals surface area contributed by atoms with Crippen molar-refractivity contribution in [2.24, 2.45) is 0 Å². The lowest BCUT2D eigenvalue weighted by molar-refractivity contribution is 0.168. The van der Waals surface area contributed by atoms with Crippen molar-refractivity contribution < 1.29 is 44.6 Å². The molecule has 6 rings (SSSR count). The van der Waals surface area contributed by atoms with Gasteiger partial charge in [0.1, 0.15) is 45.7 Å². The van der Waals surface area contributed by atoms with Crippen LogP contribution in [0.25, 0.3) is 0 Å². The largest absolute Gasteiger partial charge is 0.497 e. The van der Waals surface area contributed by atoms with Gasteiger partial charge >= 0.3 is 0 Å². The van der Waals surface area contributed by atoms with Gasteiger partial charge in [0.15, 0.2) is 28.3 Å². The molecular formula is C60H86N6O10S2Si2. The van der Waals surface area contributed by atoms with E-state index < -0.39 is 59.4 Å². The molecular weight excluding hydrogens is 1080 g/mol. The Balaban J connectivity index is 0.000000294. The number of methoxy groups -OCH3 is 4. The Morgan fingerprint density at radius 2 is 0.637 bits per heavy atom. The van der Waals surface area contributed by atoms with Crippen LogP contribution in [0, 0.1) is 13.8 Å². The first-order valence-corrected chi connectivity index (χ1v) is 35.6. The first kappa shape index (κ1) is 65.2. The maximum atomic E-state index is 14.5. The van der Waals surface area contributed by atoms with Crippen molar-refractivity contribution in [3.8, 4) is 23.0 Å². The number of nitrogens with zero attached hydrogens (tertiary/aromatic N) is 6. The van der Waals surface area contributed by atoms with E-state index in [4.69, 9.17) is 27.8 Å². The number of hydrogen-bond acceptors (Lipinski definition) is 14. The van der Waals surface area contributed by atoms with E-state index in [1.54, 1.807) is 67.1 Å². The molecule has 4 atom stereocenters. The van der Waals surface area contributed by atoms with Crippen LogP contribution >= 0.6 is 0 Å². The van der Waals surface area contributed by atoms with Gasteiger partial charge in [-0.05, 0) is 146 Å². The summed E-state index contributed by atoms with van der Waals surface area (Å²) in [5, 5.41) is -2.15. The van der Waals surface area contributed by atoms with E-state index in [9.17, 15) is 16.8 Å². The monoisotopic (exact) mass is 1170 g/mol. The van der Waals surface area contributed by atoms with E-state index in [2.05, 4.69) is 87.7 Å². The lowest BCUT2D eigenvalue weighted by Crippen LogP contribution is -2.47. The SMILES string of the molecule is COc1ccc(CN(Cc2ccc(OC)cc2)S(=O)(=O)[C@@H](C)[C@@H](O[Si](C)(C)C(C)(C)C)c2ncc(C)cn2)cc1.COc1ccc(CN(Cc2ccc(OC)cc2)S(=O)(=O)[C@H](C)[C@H](O[Si](C)(C)C(C)(C)C)c2ncc(C)cn2)cc1. The zero-order valence-corrected chi connectivity index (χ0v) is 53.9. The van der Waals surface area contributed by atoms with Crippen LogP contribution in [0.2, 0.25) is 36.3 Å². The molecule has 436 valence electrons. The van der Waals surface area contributed by atoms with Crippen LogP contribution in [0.3, 0.4) is 0 Å². The van der Waals surface area contributed by atoms with E-state index in [0.717, 1.165) is 33.4 Å². The third kappa shape index (κ3) is 17.2. The number of hydrogen-bond donors (Lipinski definition) is 0. The Labute approximate surface area is 480 Å². The van der Waals surface area contributed by atoms with Crippen molar-refractivity contribution in [1.29, 1.82) is 0 Å². The lowest BCUT2D eigenvalue weighted by Gasteiger charge is -2.40. The van der Waals surface area contributed by atoms with E-state index >= 15 is 0 Å². The second-order valence-electron chi connectivity index (χ2n) is 23.3. The molecule has 80 heavy (non-hydrogen) atoms. The molecule has 0 fully saturated rings. The fourth-order valence-electron chi connectivity index (χ4n) is 7.80. The Hall–Kier alpha value is -5.59. The van der Waals surface area contributed by atoms with Gasteiger partial charge in [-0.1, -0.05) is 90.1 Å². The molecule has 20 heteroatoms. The molecule has 0 radical (unpaired) electrons. The molecule has 0 aliphatic rings. The minimum atomic E-state index is -3.92. The van der Waals surface area contributed by atoms with E-state index in [1.807, 2.05) is 111 Å². The average Bonchev–Trinajstić information content (AvgIpc) is 3.42. The van der Waals surface area contributed by atoms with Crippen LogP contribution in [-0.2, 0) is 55.1 Å².